The fraction of sp³-hybridized carbons (Fsp3) is 0.359. The SMILES string of the molecule is C=S(C)(=O)Nc1nc2ccc(-c3ccc(C(C)(C)c4cc(Cl)c(OCCCl)c(C#N)c4)cc3)nc2o1.C=S(C)(=O)Nc1nc2nc(-c3ccc(C(C)(C)c4cc(Cl)c(OCCCl)c(C#N)c4)cc3)ccc2o1.CC(C)(c1ccc(OCC23CC(C2)N(S(C)(=O)=O)C3)cc1)c1cc(Cl)c(OCCCl)c(C#N)c1.CC(C)(c1ccc(OCC23CCN(S(C)(=O)=O)C(C2)C3)cc1)c1cc(Cl)c(OCCCl)c(C#N)c1. The van der Waals surface area contributed by atoms with E-state index >= 15 is 0 Å². The zero-order chi connectivity index (χ0) is 102. The molecule has 4 bridgehead atoms. The maximum Gasteiger partial charge on any atom is 0.308 e. The molecule has 0 spiro atoms. The van der Waals surface area contributed by atoms with Gasteiger partial charge in [-0.25, -0.2) is 35.2 Å². The standard InChI is InChI=1S/2C26H24Cl2N4O3S.C26H30Cl2N2O4S.C25H28Cl2N2O4S/c1-26(2,19-13-17(15-29)23(20(28)14-19)34-12-11-27)18-7-5-16(6-8-18)21-9-10-22-24(30-21)31-25(35-22)32-36(3,4)33;1-26(2,19-13-17(15-29)23(20(28)14-19)34-12-11-27)18-7-5-16(6-8-18)21-9-10-22-24(30-21)35-25(31-22)32-36(3,4)33;1-25(2,20-12-18(16-29)24(23(28)13-20)33-11-9-27)19-4-6-22(7-5-19)34-17-26-8-10-30(35(3,31)32)21(14-26)15-26;1-24(2,19-10-17(14-28)23(22(27)11-19)32-9-8-26)18-4-6-21(7-5-18)33-16-25-12-20(13-25)29(15-25)34(3,30)31/h5-10,13-14H,3,11-12H2,1-2,4H3,(H,30,31,32,33);5-10,13-14H,3,11-12H2,1-2,4H3,(H,31,32,33);4-7,12-13,21H,8-11,14-15,17H2,1-3H3;4-7,10-11,20H,8-9,12-13,15-16H2,1-3H3. The van der Waals surface area contributed by atoms with E-state index in [0.29, 0.717) is 149 Å². The molecular weight excluding hydrogens is 2040 g/mol. The number of pyridine rings is 2. The van der Waals surface area contributed by atoms with Crippen LogP contribution in [0.25, 0.3) is 45.0 Å². The zero-order valence-electron chi connectivity index (χ0n) is 79.6. The minimum atomic E-state index is -3.16. The van der Waals surface area contributed by atoms with E-state index in [9.17, 15) is 46.3 Å². The molecule has 2 aliphatic carbocycles. The molecule has 8 aromatic carbocycles. The number of piperidine rings is 2. The summed E-state index contributed by atoms with van der Waals surface area (Å²) in [5.74, 6) is 11.2. The maximum atomic E-state index is 11.9. The van der Waals surface area contributed by atoms with E-state index in [1.54, 1.807) is 38.9 Å². The van der Waals surface area contributed by atoms with Crippen LogP contribution < -0.4 is 37.9 Å². The summed E-state index contributed by atoms with van der Waals surface area (Å²) >= 11 is 48.7. The quantitative estimate of drug-likeness (QED) is 0.0279. The molecule has 8 heterocycles. The first-order chi connectivity index (χ1) is 66.5. The fourth-order valence-electron chi connectivity index (χ4n) is 17.7. The molecule has 6 fully saturated rings. The average Bonchev–Trinajstić information content (AvgIpc) is 1.71. The lowest BCUT2D eigenvalue weighted by molar-refractivity contribution is -0.0531. The van der Waals surface area contributed by atoms with E-state index in [0.717, 1.165) is 99.2 Å². The Kier molecular flexibility index (Phi) is 33.6. The highest BCUT2D eigenvalue weighted by atomic mass is 35.5. The summed E-state index contributed by atoms with van der Waals surface area (Å²) < 4.78 is 126. The van der Waals surface area contributed by atoms with Crippen LogP contribution in [0, 0.1) is 56.2 Å². The fourth-order valence-corrected chi connectivity index (χ4v) is 22.3. The van der Waals surface area contributed by atoms with Crippen LogP contribution in [-0.2, 0) is 61.1 Å². The van der Waals surface area contributed by atoms with Crippen LogP contribution in [0.15, 0.2) is 179 Å². The van der Waals surface area contributed by atoms with Crippen molar-refractivity contribution < 1.29 is 62.5 Å². The van der Waals surface area contributed by atoms with Gasteiger partial charge in [-0.2, -0.15) is 39.6 Å². The summed E-state index contributed by atoms with van der Waals surface area (Å²) in [7, 11) is -11.3. The summed E-state index contributed by atoms with van der Waals surface area (Å²) in [6.45, 7) is 19.8. The molecule has 2 N–H and O–H groups in total. The highest BCUT2D eigenvalue weighted by Gasteiger charge is 2.58. The summed E-state index contributed by atoms with van der Waals surface area (Å²) in [6, 6.07) is 62.7. The molecule has 2 saturated carbocycles. The van der Waals surface area contributed by atoms with Crippen molar-refractivity contribution in [1.82, 2.24) is 28.5 Å². The van der Waals surface area contributed by atoms with Crippen LogP contribution in [0.5, 0.6) is 34.5 Å². The Morgan fingerprint density at radius 2 is 0.738 bits per heavy atom. The first kappa shape index (κ1) is 108. The number of ether oxygens (including phenoxy) is 6. The van der Waals surface area contributed by atoms with Crippen molar-refractivity contribution in [2.24, 2.45) is 10.8 Å². The van der Waals surface area contributed by atoms with Crippen LogP contribution in [0.3, 0.4) is 0 Å². The number of rotatable bonds is 34. The van der Waals surface area contributed by atoms with Gasteiger partial charge in [0.05, 0.1) is 103 Å². The molecule has 26 nitrogen and oxygen atoms in total. The Bertz CT molecular complexity index is 7080. The molecule has 2 unspecified atom stereocenters. The first-order valence-corrected chi connectivity index (χ1v) is 56.2. The van der Waals surface area contributed by atoms with Gasteiger partial charge in [-0.05, 0) is 185 Å². The second-order valence-electron chi connectivity index (χ2n) is 37.6. The minimum absolute atomic E-state index is 0.0710. The molecule has 4 aromatic heterocycles. The number of hydrogen-bond acceptors (Lipinski definition) is 22. The number of nitrogens with one attached hydrogen (secondary N) is 2. The number of benzene rings is 8. The number of aromatic nitrogens is 4. The Morgan fingerprint density at radius 1 is 0.411 bits per heavy atom. The van der Waals surface area contributed by atoms with Gasteiger partial charge in [0, 0.05) is 101 Å². The Hall–Kier alpha value is -10.5. The number of oxazole rings is 2. The lowest BCUT2D eigenvalue weighted by Gasteiger charge is -2.56. The highest BCUT2D eigenvalue weighted by molar-refractivity contribution is 8.01. The number of sulfonamides is 2. The number of halogens is 8. The van der Waals surface area contributed by atoms with Crippen molar-refractivity contribution in [3.63, 3.8) is 0 Å². The number of nitriles is 4. The van der Waals surface area contributed by atoms with Crippen molar-refractivity contribution in [1.29, 1.82) is 21.0 Å². The molecule has 12 aromatic rings. The van der Waals surface area contributed by atoms with Crippen LogP contribution in [0.4, 0.5) is 12.0 Å². The third-order valence-corrected chi connectivity index (χ3v) is 31.3. The molecule has 18 rings (SSSR count). The van der Waals surface area contributed by atoms with Crippen LogP contribution in [-0.4, -0.2) is 179 Å². The smallest absolute Gasteiger partial charge is 0.308 e. The van der Waals surface area contributed by atoms with Crippen molar-refractivity contribution in [2.75, 3.05) is 111 Å². The normalized spacial score (nSPS) is 17.6. The van der Waals surface area contributed by atoms with E-state index in [1.807, 2.05) is 140 Å². The summed E-state index contributed by atoms with van der Waals surface area (Å²) in [6.07, 6.45) is 9.75. The third kappa shape index (κ3) is 25.3. The Labute approximate surface area is 864 Å². The van der Waals surface area contributed by atoms with E-state index < -0.39 is 61.1 Å². The Balaban J connectivity index is 0.000000158. The van der Waals surface area contributed by atoms with Crippen molar-refractivity contribution in [3.05, 3.63) is 257 Å². The van der Waals surface area contributed by atoms with E-state index in [4.69, 9.17) is 130 Å². The largest absolute Gasteiger partial charge is 0.493 e. The van der Waals surface area contributed by atoms with Crippen LogP contribution >= 0.6 is 92.8 Å². The highest BCUT2D eigenvalue weighted by Crippen LogP contribution is 2.55. The third-order valence-electron chi connectivity index (χ3n) is 25.7. The molecule has 0 radical (unpaired) electrons. The van der Waals surface area contributed by atoms with E-state index in [1.165, 1.54) is 25.0 Å². The average molecular weight is 2150 g/mol. The maximum absolute atomic E-state index is 11.9. The predicted octanol–water partition coefficient (Wildman–Crippen LogP) is 22.4. The molecular formula is C103H106Cl8N12O14S4. The van der Waals surface area contributed by atoms with Crippen molar-refractivity contribution in [3.8, 4) is 81.3 Å². The first-order valence-electron chi connectivity index (χ1n) is 44.6. The van der Waals surface area contributed by atoms with Gasteiger partial charge in [0.1, 0.15) is 67.7 Å². The summed E-state index contributed by atoms with van der Waals surface area (Å²) in [5.41, 5.74) is 12.5. The zero-order valence-corrected chi connectivity index (χ0v) is 88.9. The van der Waals surface area contributed by atoms with Gasteiger partial charge in [-0.15, -0.1) is 46.4 Å². The molecule has 742 valence electrons. The molecule has 38 heteroatoms. The molecule has 4 aliphatic heterocycles. The molecule has 0 amide bonds. The Morgan fingerprint density at radius 3 is 1.06 bits per heavy atom. The van der Waals surface area contributed by atoms with Gasteiger partial charge in [0.15, 0.2) is 28.6 Å². The second kappa shape index (κ2) is 44.0. The summed E-state index contributed by atoms with van der Waals surface area (Å²) in [5, 5.41) is 40.0. The lowest BCUT2D eigenvalue weighted by atomic mass is 9.61. The van der Waals surface area contributed by atoms with E-state index in [2.05, 4.69) is 121 Å². The van der Waals surface area contributed by atoms with Gasteiger partial charge < -0.3 is 37.3 Å². The van der Waals surface area contributed by atoms with Crippen molar-refractivity contribution >= 4 is 179 Å². The number of anilines is 2. The molecule has 141 heavy (non-hydrogen) atoms. The summed E-state index contributed by atoms with van der Waals surface area (Å²) in [4.78, 5) is 17.6. The van der Waals surface area contributed by atoms with Crippen LogP contribution in [0.1, 0.15) is 154 Å². The monoisotopic (exact) mass is 2140 g/mol. The number of hydrogen-bond donors (Lipinski definition) is 2. The molecule has 2 atom stereocenters. The molecule has 6 aliphatic rings. The number of alkyl halides is 4. The minimum Gasteiger partial charge on any atom is -0.493 e. The lowest BCUT2D eigenvalue weighted by Crippen LogP contribution is -2.61. The van der Waals surface area contributed by atoms with Gasteiger partial charge in [0.25, 0.3) is 0 Å². The van der Waals surface area contributed by atoms with Crippen LogP contribution in [0.2, 0.25) is 20.1 Å². The van der Waals surface area contributed by atoms with Gasteiger partial charge in [0.2, 0.25) is 31.4 Å². The van der Waals surface area contributed by atoms with E-state index in [-0.39, 0.29) is 61.4 Å². The van der Waals surface area contributed by atoms with Gasteiger partial charge >= 0.3 is 12.0 Å². The topological polar surface area (TPSA) is 361 Å². The van der Waals surface area contributed by atoms with Gasteiger partial charge in [-0.3, -0.25) is 9.44 Å². The number of nitrogens with zero attached hydrogens (tertiary/aromatic N) is 10. The predicted molar refractivity (Wildman–Crippen MR) is 565 cm³/mol. The second-order valence-corrected chi connectivity index (χ2v) is 49.0. The van der Waals surface area contributed by atoms with Crippen molar-refractivity contribution in [2.45, 2.75) is 121 Å². The number of fused-ring (bicyclic) bond motifs is 5. The molecule has 4 saturated heterocycles. The van der Waals surface area contributed by atoms with Gasteiger partial charge in [-0.1, -0.05) is 175 Å².